The summed E-state index contributed by atoms with van der Waals surface area (Å²) in [5, 5.41) is 14.2. The Morgan fingerprint density at radius 2 is 1.79 bits per heavy atom. The van der Waals surface area contributed by atoms with Crippen LogP contribution in [0.2, 0.25) is 0 Å². The topological polar surface area (TPSA) is 90.7 Å². The highest BCUT2D eigenvalue weighted by Gasteiger charge is 2.30. The molecule has 0 radical (unpaired) electrons. The van der Waals surface area contributed by atoms with Gasteiger partial charge in [-0.15, -0.1) is 0 Å². The van der Waals surface area contributed by atoms with Crippen LogP contribution in [-0.4, -0.2) is 15.9 Å². The highest BCUT2D eigenvalue weighted by molar-refractivity contribution is 6.03. The van der Waals surface area contributed by atoms with E-state index in [0.29, 0.717) is 11.3 Å². The van der Waals surface area contributed by atoms with Crippen LogP contribution in [0.1, 0.15) is 21.6 Å². The molecule has 1 aromatic heterocycles. The third kappa shape index (κ3) is 4.62. The molecule has 0 aliphatic carbocycles. The van der Waals surface area contributed by atoms with Crippen molar-refractivity contribution in [3.63, 3.8) is 0 Å². The predicted octanol–water partition coefficient (Wildman–Crippen LogP) is 4.36. The van der Waals surface area contributed by atoms with E-state index in [4.69, 9.17) is 5.26 Å². The van der Waals surface area contributed by atoms with E-state index in [-0.39, 0.29) is 17.3 Å². The Bertz CT molecular complexity index is 1060. The number of rotatable bonds is 4. The number of aromatic nitrogens is 2. The number of nitrogens with zero attached hydrogens (tertiary/aromatic N) is 3. The van der Waals surface area contributed by atoms with Crippen LogP contribution in [0.5, 0.6) is 0 Å². The van der Waals surface area contributed by atoms with Crippen LogP contribution in [0.25, 0.3) is 0 Å². The molecule has 140 valence electrons. The van der Waals surface area contributed by atoms with E-state index in [9.17, 15) is 18.0 Å². The minimum atomic E-state index is -4.51. The largest absolute Gasteiger partial charge is 0.416 e. The molecular formula is C19H12F3N5O. The van der Waals surface area contributed by atoms with Gasteiger partial charge in [0, 0.05) is 17.6 Å². The second-order valence-corrected chi connectivity index (χ2v) is 5.62. The second kappa shape index (κ2) is 7.75. The Morgan fingerprint density at radius 3 is 2.54 bits per heavy atom. The quantitative estimate of drug-likeness (QED) is 0.698. The molecule has 0 atom stereocenters. The normalized spacial score (nSPS) is 10.8. The molecule has 3 rings (SSSR count). The Morgan fingerprint density at radius 1 is 1.04 bits per heavy atom. The lowest BCUT2D eigenvalue weighted by molar-refractivity contribution is -0.137. The van der Waals surface area contributed by atoms with Gasteiger partial charge in [0.15, 0.2) is 0 Å². The number of carbonyl (C=O) groups is 1. The maximum absolute atomic E-state index is 12.8. The number of hydrogen-bond donors (Lipinski definition) is 2. The molecule has 3 aromatic rings. The van der Waals surface area contributed by atoms with Gasteiger partial charge in [0.25, 0.3) is 5.91 Å². The monoisotopic (exact) mass is 383 g/mol. The van der Waals surface area contributed by atoms with Crippen LogP contribution >= 0.6 is 0 Å². The third-order valence-corrected chi connectivity index (χ3v) is 3.58. The van der Waals surface area contributed by atoms with E-state index in [1.807, 2.05) is 6.07 Å². The predicted molar refractivity (Wildman–Crippen MR) is 95.9 cm³/mol. The summed E-state index contributed by atoms with van der Waals surface area (Å²) in [7, 11) is 0. The van der Waals surface area contributed by atoms with E-state index in [1.54, 1.807) is 24.3 Å². The molecule has 0 aliphatic rings. The lowest BCUT2D eigenvalue weighted by Crippen LogP contribution is -2.15. The summed E-state index contributed by atoms with van der Waals surface area (Å²) in [6.45, 7) is 0. The summed E-state index contributed by atoms with van der Waals surface area (Å²) in [6, 6.07) is 14.2. The number of benzene rings is 2. The number of carbonyl (C=O) groups excluding carboxylic acids is 1. The van der Waals surface area contributed by atoms with Crippen LogP contribution in [0.15, 0.2) is 60.8 Å². The molecule has 0 aliphatic heterocycles. The second-order valence-electron chi connectivity index (χ2n) is 5.62. The Balaban J connectivity index is 1.76. The van der Waals surface area contributed by atoms with Crippen LogP contribution in [0, 0.1) is 11.3 Å². The van der Waals surface area contributed by atoms with Crippen molar-refractivity contribution in [1.82, 2.24) is 9.97 Å². The van der Waals surface area contributed by atoms with E-state index in [1.165, 1.54) is 24.4 Å². The van der Waals surface area contributed by atoms with Gasteiger partial charge in [-0.3, -0.25) is 4.79 Å². The fourth-order valence-corrected chi connectivity index (χ4v) is 2.31. The minimum Gasteiger partial charge on any atom is -0.324 e. The highest BCUT2D eigenvalue weighted by Crippen LogP contribution is 2.30. The molecule has 0 spiro atoms. The van der Waals surface area contributed by atoms with Crippen molar-refractivity contribution in [2.24, 2.45) is 0 Å². The summed E-state index contributed by atoms with van der Waals surface area (Å²) in [6.07, 6.45) is -3.17. The summed E-state index contributed by atoms with van der Waals surface area (Å²) in [4.78, 5) is 20.4. The number of amides is 1. The first-order valence-corrected chi connectivity index (χ1v) is 7.94. The van der Waals surface area contributed by atoms with Gasteiger partial charge in [0.2, 0.25) is 5.95 Å². The van der Waals surface area contributed by atoms with Gasteiger partial charge < -0.3 is 10.6 Å². The standard InChI is InChI=1S/C19H12F3N5O/c20-19(21,22)13-4-2-6-15(10-13)25-17(28)16-7-8-24-18(27-16)26-14-5-1-3-12(9-14)11-23/h1-10H,(H,25,28)(H,24,26,27). The molecule has 6 nitrogen and oxygen atoms in total. The zero-order valence-corrected chi connectivity index (χ0v) is 14.2. The van der Waals surface area contributed by atoms with Crippen molar-refractivity contribution in [2.45, 2.75) is 6.18 Å². The molecule has 0 saturated carbocycles. The zero-order chi connectivity index (χ0) is 20.1. The molecule has 0 unspecified atom stereocenters. The van der Waals surface area contributed by atoms with Gasteiger partial charge in [0.05, 0.1) is 17.2 Å². The van der Waals surface area contributed by atoms with Crippen LogP contribution < -0.4 is 10.6 Å². The number of halogens is 3. The van der Waals surface area contributed by atoms with Crippen molar-refractivity contribution >= 4 is 23.2 Å². The van der Waals surface area contributed by atoms with Crippen molar-refractivity contribution in [2.75, 3.05) is 10.6 Å². The Hall–Kier alpha value is -3.93. The molecule has 0 bridgehead atoms. The molecule has 9 heteroatoms. The van der Waals surface area contributed by atoms with Gasteiger partial charge in [0.1, 0.15) is 5.69 Å². The third-order valence-electron chi connectivity index (χ3n) is 3.58. The van der Waals surface area contributed by atoms with Gasteiger partial charge in [-0.1, -0.05) is 12.1 Å². The van der Waals surface area contributed by atoms with E-state index in [2.05, 4.69) is 20.6 Å². The number of hydrogen-bond acceptors (Lipinski definition) is 5. The fraction of sp³-hybridized carbons (Fsp3) is 0.0526. The summed E-state index contributed by atoms with van der Waals surface area (Å²) in [5.41, 5.74) is 0.0756. The zero-order valence-electron chi connectivity index (χ0n) is 14.2. The van der Waals surface area contributed by atoms with Gasteiger partial charge in [-0.25, -0.2) is 9.97 Å². The first-order chi connectivity index (χ1) is 13.3. The first kappa shape index (κ1) is 18.8. The maximum Gasteiger partial charge on any atom is 0.416 e. The van der Waals surface area contributed by atoms with Crippen molar-refractivity contribution < 1.29 is 18.0 Å². The number of anilines is 3. The molecule has 0 saturated heterocycles. The molecule has 1 heterocycles. The lowest BCUT2D eigenvalue weighted by Gasteiger charge is -2.10. The van der Waals surface area contributed by atoms with Crippen molar-refractivity contribution in [1.29, 1.82) is 5.26 Å². The highest BCUT2D eigenvalue weighted by atomic mass is 19.4. The van der Waals surface area contributed by atoms with Gasteiger partial charge >= 0.3 is 6.18 Å². The average molecular weight is 383 g/mol. The SMILES string of the molecule is N#Cc1cccc(Nc2nccc(C(=O)Nc3cccc(C(F)(F)F)c3)n2)c1. The lowest BCUT2D eigenvalue weighted by atomic mass is 10.2. The van der Waals surface area contributed by atoms with Crippen LogP contribution in [0.4, 0.5) is 30.5 Å². The first-order valence-electron chi connectivity index (χ1n) is 7.94. The molecular weight excluding hydrogens is 371 g/mol. The van der Waals surface area contributed by atoms with Crippen LogP contribution in [-0.2, 0) is 6.18 Å². The maximum atomic E-state index is 12.8. The molecule has 0 fully saturated rings. The fourth-order valence-electron chi connectivity index (χ4n) is 2.31. The van der Waals surface area contributed by atoms with Crippen molar-refractivity contribution in [3.8, 4) is 6.07 Å². The number of nitrogens with one attached hydrogen (secondary N) is 2. The summed E-state index contributed by atoms with van der Waals surface area (Å²) in [5.74, 6) is -0.581. The average Bonchev–Trinajstić information content (AvgIpc) is 2.68. The smallest absolute Gasteiger partial charge is 0.324 e. The number of alkyl halides is 3. The van der Waals surface area contributed by atoms with Gasteiger partial charge in [-0.05, 0) is 42.5 Å². The van der Waals surface area contributed by atoms with E-state index >= 15 is 0 Å². The summed E-state index contributed by atoms with van der Waals surface area (Å²) < 4.78 is 38.3. The van der Waals surface area contributed by atoms with Gasteiger partial charge in [-0.2, -0.15) is 18.4 Å². The minimum absolute atomic E-state index is 0.00494. The Kier molecular flexibility index (Phi) is 5.22. The Labute approximate surface area is 157 Å². The van der Waals surface area contributed by atoms with Crippen molar-refractivity contribution in [3.05, 3.63) is 77.6 Å². The molecule has 2 aromatic carbocycles. The number of nitriles is 1. The van der Waals surface area contributed by atoms with Crippen LogP contribution in [0.3, 0.4) is 0 Å². The van der Waals surface area contributed by atoms with E-state index < -0.39 is 17.6 Å². The van der Waals surface area contributed by atoms with E-state index in [0.717, 1.165) is 12.1 Å². The molecule has 2 N–H and O–H groups in total. The molecule has 28 heavy (non-hydrogen) atoms. The molecule has 1 amide bonds. The summed E-state index contributed by atoms with van der Waals surface area (Å²) >= 11 is 0.